The van der Waals surface area contributed by atoms with Crippen LogP contribution in [0.5, 0.6) is 0 Å². The van der Waals surface area contributed by atoms with Gasteiger partial charge in [0.25, 0.3) is 0 Å². The topological polar surface area (TPSA) is 46.3 Å². The molecule has 0 aliphatic carbocycles. The molecular weight excluding hydrogens is 389 g/mol. The summed E-state index contributed by atoms with van der Waals surface area (Å²) in [5, 5.41) is 0. The van der Waals surface area contributed by atoms with E-state index >= 15 is 0 Å². The lowest BCUT2D eigenvalue weighted by molar-refractivity contribution is -0.137. The van der Waals surface area contributed by atoms with Gasteiger partial charge in [-0.05, 0) is 29.7 Å². The Kier molecular flexibility index (Phi) is 7.12. The molecule has 28 heavy (non-hydrogen) atoms. The van der Waals surface area contributed by atoms with Gasteiger partial charge in [0.15, 0.2) is 0 Å². The van der Waals surface area contributed by atoms with E-state index < -0.39 is 11.7 Å². The van der Waals surface area contributed by atoms with Gasteiger partial charge in [-0.1, -0.05) is 49.4 Å². The van der Waals surface area contributed by atoms with Crippen molar-refractivity contribution in [2.24, 2.45) is 11.7 Å². The van der Waals surface area contributed by atoms with Crippen LogP contribution in [-0.2, 0) is 17.4 Å². The summed E-state index contributed by atoms with van der Waals surface area (Å²) in [4.78, 5) is 14.6. The summed E-state index contributed by atoms with van der Waals surface area (Å²) in [6.07, 6.45) is -3.95. The molecule has 0 saturated carbocycles. The first kappa shape index (κ1) is 22.2. The molecule has 1 heterocycles. The van der Waals surface area contributed by atoms with Crippen molar-refractivity contribution in [3.63, 3.8) is 0 Å². The zero-order chi connectivity index (χ0) is 19.6. The quantitative estimate of drug-likeness (QED) is 0.815. The lowest BCUT2D eigenvalue weighted by Gasteiger charge is -2.21. The third-order valence-electron chi connectivity index (χ3n) is 5.15. The van der Waals surface area contributed by atoms with E-state index in [0.717, 1.165) is 17.7 Å². The van der Waals surface area contributed by atoms with Crippen LogP contribution in [0, 0.1) is 5.92 Å². The summed E-state index contributed by atoms with van der Waals surface area (Å²) < 4.78 is 38.0. The van der Waals surface area contributed by atoms with E-state index in [1.54, 1.807) is 11.8 Å². The van der Waals surface area contributed by atoms with Gasteiger partial charge in [-0.25, -0.2) is 0 Å². The number of amides is 1. The Labute approximate surface area is 169 Å². The van der Waals surface area contributed by atoms with E-state index in [-0.39, 0.29) is 36.2 Å². The fraction of sp³-hybridized carbons (Fsp3) is 0.381. The average Bonchev–Trinajstić information content (AvgIpc) is 3.03. The fourth-order valence-electron chi connectivity index (χ4n) is 3.64. The Hall–Kier alpha value is -2.05. The van der Waals surface area contributed by atoms with Crippen molar-refractivity contribution in [3.8, 4) is 0 Å². The maximum absolute atomic E-state index is 12.8. The van der Waals surface area contributed by atoms with Crippen molar-refractivity contribution in [2.45, 2.75) is 31.5 Å². The van der Waals surface area contributed by atoms with E-state index in [4.69, 9.17) is 5.73 Å². The van der Waals surface area contributed by atoms with Crippen LogP contribution in [-0.4, -0.2) is 29.9 Å². The molecule has 1 saturated heterocycles. The highest BCUT2D eigenvalue weighted by Gasteiger charge is 2.35. The summed E-state index contributed by atoms with van der Waals surface area (Å²) in [6, 6.07) is 14.8. The molecule has 7 heteroatoms. The standard InChI is InChI=1S/C21H23F3N2O.ClH/c1-14(11-15-7-9-17(10-8-15)21(22,23)24)20(27)26-12-18(19(25)13-26)16-5-3-2-4-6-16;/h2-10,14,18-19H,11-13,25H2,1H3;1H/t14?,18-,19+;/m0./s1. The molecular formula is C21H24ClF3N2O. The van der Waals surface area contributed by atoms with Gasteiger partial charge in [0.1, 0.15) is 0 Å². The molecule has 3 rings (SSSR count). The first-order chi connectivity index (χ1) is 12.8. The molecule has 2 N–H and O–H groups in total. The van der Waals surface area contributed by atoms with Gasteiger partial charge in [0.05, 0.1) is 5.56 Å². The number of carbonyl (C=O) groups excluding carboxylic acids is 1. The molecule has 1 amide bonds. The lowest BCUT2D eigenvalue weighted by Crippen LogP contribution is -2.36. The molecule has 3 atom stereocenters. The van der Waals surface area contributed by atoms with E-state index in [0.29, 0.717) is 25.1 Å². The van der Waals surface area contributed by atoms with Crippen LogP contribution in [0.15, 0.2) is 54.6 Å². The number of carbonyl (C=O) groups is 1. The normalized spacial score (nSPS) is 20.5. The molecule has 1 unspecified atom stereocenters. The van der Waals surface area contributed by atoms with Crippen molar-refractivity contribution in [2.75, 3.05) is 13.1 Å². The van der Waals surface area contributed by atoms with Crippen LogP contribution in [0.3, 0.4) is 0 Å². The van der Waals surface area contributed by atoms with E-state index in [9.17, 15) is 18.0 Å². The van der Waals surface area contributed by atoms with E-state index in [1.807, 2.05) is 30.3 Å². The Bertz CT molecular complexity index is 780. The minimum atomic E-state index is -4.35. The second-order valence-corrected chi connectivity index (χ2v) is 7.22. The highest BCUT2D eigenvalue weighted by molar-refractivity contribution is 5.85. The van der Waals surface area contributed by atoms with Crippen LogP contribution in [0.1, 0.15) is 29.5 Å². The maximum atomic E-state index is 12.8. The van der Waals surface area contributed by atoms with Crippen LogP contribution < -0.4 is 5.73 Å². The molecule has 0 radical (unpaired) electrons. The Morgan fingerprint density at radius 1 is 1.11 bits per heavy atom. The molecule has 0 aromatic heterocycles. The number of hydrogen-bond donors (Lipinski definition) is 1. The van der Waals surface area contributed by atoms with E-state index in [1.165, 1.54) is 12.1 Å². The third kappa shape index (κ3) is 5.06. The molecule has 0 spiro atoms. The average molecular weight is 413 g/mol. The Morgan fingerprint density at radius 3 is 2.29 bits per heavy atom. The van der Waals surface area contributed by atoms with Crippen molar-refractivity contribution < 1.29 is 18.0 Å². The molecule has 1 aliphatic heterocycles. The molecule has 2 aromatic rings. The van der Waals surface area contributed by atoms with Crippen molar-refractivity contribution in [1.29, 1.82) is 0 Å². The van der Waals surface area contributed by atoms with Gasteiger partial charge in [-0.2, -0.15) is 13.2 Å². The lowest BCUT2D eigenvalue weighted by atomic mass is 9.95. The van der Waals surface area contributed by atoms with E-state index in [2.05, 4.69) is 0 Å². The van der Waals surface area contributed by atoms with Crippen molar-refractivity contribution in [1.82, 2.24) is 4.90 Å². The summed E-state index contributed by atoms with van der Waals surface area (Å²) >= 11 is 0. The van der Waals surface area contributed by atoms with Gasteiger partial charge in [-0.3, -0.25) is 4.79 Å². The molecule has 2 aromatic carbocycles. The summed E-state index contributed by atoms with van der Waals surface area (Å²) in [6.45, 7) is 2.87. The second-order valence-electron chi connectivity index (χ2n) is 7.22. The molecule has 3 nitrogen and oxygen atoms in total. The number of hydrogen-bond acceptors (Lipinski definition) is 2. The minimum absolute atomic E-state index is 0. The second kappa shape index (κ2) is 8.97. The first-order valence-corrected chi connectivity index (χ1v) is 9.01. The Balaban J connectivity index is 0.00000280. The monoisotopic (exact) mass is 412 g/mol. The predicted molar refractivity (Wildman–Crippen MR) is 105 cm³/mol. The van der Waals surface area contributed by atoms with Crippen LogP contribution in [0.25, 0.3) is 0 Å². The SMILES string of the molecule is CC(Cc1ccc(C(F)(F)F)cc1)C(=O)N1C[C@@H](N)[C@H](c2ccccc2)C1.Cl. The largest absolute Gasteiger partial charge is 0.416 e. The molecule has 152 valence electrons. The molecule has 0 bridgehead atoms. The summed E-state index contributed by atoms with van der Waals surface area (Å²) in [5.41, 5.74) is 7.41. The molecule has 1 fully saturated rings. The van der Waals surface area contributed by atoms with Gasteiger partial charge in [0, 0.05) is 31.0 Å². The molecule has 1 aliphatic rings. The highest BCUT2D eigenvalue weighted by Crippen LogP contribution is 2.30. The van der Waals surface area contributed by atoms with Crippen molar-refractivity contribution in [3.05, 3.63) is 71.3 Å². The third-order valence-corrected chi connectivity index (χ3v) is 5.15. The van der Waals surface area contributed by atoms with Gasteiger partial charge in [0.2, 0.25) is 5.91 Å². The zero-order valence-corrected chi connectivity index (χ0v) is 16.3. The number of nitrogens with zero attached hydrogens (tertiary/aromatic N) is 1. The zero-order valence-electron chi connectivity index (χ0n) is 15.5. The fourth-order valence-corrected chi connectivity index (χ4v) is 3.64. The van der Waals surface area contributed by atoms with Crippen LogP contribution in [0.2, 0.25) is 0 Å². The number of nitrogens with two attached hydrogens (primary N) is 1. The summed E-state index contributed by atoms with van der Waals surface area (Å²) in [5.74, 6) is -0.222. The number of halogens is 4. The van der Waals surface area contributed by atoms with Crippen molar-refractivity contribution >= 4 is 18.3 Å². The minimum Gasteiger partial charge on any atom is -0.340 e. The number of alkyl halides is 3. The number of benzene rings is 2. The highest BCUT2D eigenvalue weighted by atomic mass is 35.5. The summed E-state index contributed by atoms with van der Waals surface area (Å²) in [7, 11) is 0. The first-order valence-electron chi connectivity index (χ1n) is 9.01. The van der Waals surface area contributed by atoms with Gasteiger partial charge in [-0.15, -0.1) is 12.4 Å². The van der Waals surface area contributed by atoms with Crippen LogP contribution in [0.4, 0.5) is 13.2 Å². The van der Waals surface area contributed by atoms with Crippen LogP contribution >= 0.6 is 12.4 Å². The maximum Gasteiger partial charge on any atom is 0.416 e. The van der Waals surface area contributed by atoms with Gasteiger partial charge >= 0.3 is 6.18 Å². The van der Waals surface area contributed by atoms with Gasteiger partial charge < -0.3 is 10.6 Å². The number of likely N-dealkylation sites (tertiary alicyclic amines) is 1. The Morgan fingerprint density at radius 2 is 1.71 bits per heavy atom. The smallest absolute Gasteiger partial charge is 0.340 e. The number of rotatable bonds is 4. The predicted octanol–water partition coefficient (Wildman–Crippen LogP) is 4.26.